The molecule has 0 unspecified atom stereocenters. The number of rotatable bonds is 1. The van der Waals surface area contributed by atoms with E-state index in [-0.39, 0.29) is 5.78 Å². The van der Waals surface area contributed by atoms with Gasteiger partial charge in [0.05, 0.1) is 0 Å². The zero-order valence-electron chi connectivity index (χ0n) is 8.54. The van der Waals surface area contributed by atoms with Crippen molar-refractivity contribution < 1.29 is 4.79 Å². The third kappa shape index (κ3) is 1.67. The van der Waals surface area contributed by atoms with Crippen LogP contribution in [0.15, 0.2) is 28.9 Å². The standard InChI is InChI=1S/C12H10BrNO/c1-7-9-3-4-11(13)12(8(2)15)10(9)5-6-14-7/h3-6H,1-2H3. The smallest absolute Gasteiger partial charge is 0.161 e. The fourth-order valence-electron chi connectivity index (χ4n) is 1.73. The molecule has 0 spiro atoms. The van der Waals surface area contributed by atoms with Crippen molar-refractivity contribution in [2.24, 2.45) is 0 Å². The lowest BCUT2D eigenvalue weighted by atomic mass is 10.0. The van der Waals surface area contributed by atoms with E-state index in [0.29, 0.717) is 0 Å². The molecule has 2 aromatic rings. The molecule has 1 aromatic heterocycles. The van der Waals surface area contributed by atoms with Gasteiger partial charge in [-0.15, -0.1) is 0 Å². The van der Waals surface area contributed by atoms with E-state index in [4.69, 9.17) is 0 Å². The second kappa shape index (κ2) is 3.74. The highest BCUT2D eigenvalue weighted by Gasteiger charge is 2.11. The Kier molecular flexibility index (Phi) is 2.57. The first-order valence-electron chi connectivity index (χ1n) is 4.66. The molecule has 0 amide bonds. The third-order valence-corrected chi connectivity index (χ3v) is 3.11. The van der Waals surface area contributed by atoms with Gasteiger partial charge in [0, 0.05) is 27.3 Å². The van der Waals surface area contributed by atoms with Crippen molar-refractivity contribution in [3.05, 3.63) is 40.1 Å². The monoisotopic (exact) mass is 263 g/mol. The number of pyridine rings is 1. The van der Waals surface area contributed by atoms with Gasteiger partial charge in [-0.3, -0.25) is 9.78 Å². The van der Waals surface area contributed by atoms with E-state index in [1.165, 1.54) is 0 Å². The molecular formula is C12H10BrNO. The summed E-state index contributed by atoms with van der Waals surface area (Å²) in [6, 6.07) is 5.76. The zero-order valence-corrected chi connectivity index (χ0v) is 10.1. The van der Waals surface area contributed by atoms with Crippen LogP contribution in [-0.2, 0) is 0 Å². The van der Waals surface area contributed by atoms with Crippen molar-refractivity contribution in [1.29, 1.82) is 0 Å². The van der Waals surface area contributed by atoms with Crippen LogP contribution in [-0.4, -0.2) is 10.8 Å². The summed E-state index contributed by atoms with van der Waals surface area (Å²) >= 11 is 3.40. The molecule has 0 saturated heterocycles. The van der Waals surface area contributed by atoms with Crippen molar-refractivity contribution >= 4 is 32.5 Å². The fourth-order valence-corrected chi connectivity index (χ4v) is 2.36. The molecule has 0 saturated carbocycles. The highest BCUT2D eigenvalue weighted by molar-refractivity contribution is 9.10. The Hall–Kier alpha value is -1.22. The van der Waals surface area contributed by atoms with Gasteiger partial charge >= 0.3 is 0 Å². The molecule has 0 N–H and O–H groups in total. The number of carbonyl (C=O) groups is 1. The Labute approximate surface area is 96.5 Å². The topological polar surface area (TPSA) is 30.0 Å². The van der Waals surface area contributed by atoms with Gasteiger partial charge in [-0.2, -0.15) is 0 Å². The SMILES string of the molecule is CC(=O)c1c(Br)ccc2c(C)nccc12. The zero-order chi connectivity index (χ0) is 11.0. The van der Waals surface area contributed by atoms with Gasteiger partial charge in [0.15, 0.2) is 5.78 Å². The number of fused-ring (bicyclic) bond motifs is 1. The molecular weight excluding hydrogens is 254 g/mol. The van der Waals surface area contributed by atoms with E-state index >= 15 is 0 Å². The van der Waals surface area contributed by atoms with Gasteiger partial charge in [-0.1, -0.05) is 22.0 Å². The number of benzene rings is 1. The largest absolute Gasteiger partial charge is 0.294 e. The third-order valence-electron chi connectivity index (χ3n) is 2.45. The summed E-state index contributed by atoms with van der Waals surface area (Å²) < 4.78 is 0.841. The van der Waals surface area contributed by atoms with Crippen molar-refractivity contribution in [1.82, 2.24) is 4.98 Å². The summed E-state index contributed by atoms with van der Waals surface area (Å²) in [6.07, 6.45) is 1.73. The van der Waals surface area contributed by atoms with E-state index in [0.717, 1.165) is 26.5 Å². The molecule has 1 aromatic carbocycles. The molecule has 2 rings (SSSR count). The predicted octanol–water partition coefficient (Wildman–Crippen LogP) is 3.51. The number of aromatic nitrogens is 1. The Balaban J connectivity index is 2.94. The van der Waals surface area contributed by atoms with Crippen molar-refractivity contribution in [3.8, 4) is 0 Å². The van der Waals surface area contributed by atoms with E-state index in [9.17, 15) is 4.79 Å². The van der Waals surface area contributed by atoms with E-state index in [1.807, 2.05) is 25.1 Å². The Morgan fingerprint density at radius 1 is 1.27 bits per heavy atom. The second-order valence-corrected chi connectivity index (χ2v) is 4.32. The van der Waals surface area contributed by atoms with Crippen LogP contribution < -0.4 is 0 Å². The lowest BCUT2D eigenvalue weighted by Gasteiger charge is -2.07. The second-order valence-electron chi connectivity index (χ2n) is 3.47. The lowest BCUT2D eigenvalue weighted by molar-refractivity contribution is 0.101. The summed E-state index contributed by atoms with van der Waals surface area (Å²) in [7, 11) is 0. The summed E-state index contributed by atoms with van der Waals surface area (Å²) in [6.45, 7) is 3.52. The van der Waals surface area contributed by atoms with Crippen LogP contribution in [0.3, 0.4) is 0 Å². The minimum atomic E-state index is 0.0677. The van der Waals surface area contributed by atoms with Crippen LogP contribution in [0.2, 0.25) is 0 Å². The Morgan fingerprint density at radius 3 is 2.67 bits per heavy atom. The molecule has 0 fully saturated rings. The molecule has 0 radical (unpaired) electrons. The molecule has 3 heteroatoms. The van der Waals surface area contributed by atoms with Crippen LogP contribution >= 0.6 is 15.9 Å². The van der Waals surface area contributed by atoms with E-state index in [1.54, 1.807) is 13.1 Å². The lowest BCUT2D eigenvalue weighted by Crippen LogP contribution is -1.96. The summed E-state index contributed by atoms with van der Waals surface area (Å²) in [5.41, 5.74) is 1.68. The summed E-state index contributed by atoms with van der Waals surface area (Å²) in [5.74, 6) is 0.0677. The van der Waals surface area contributed by atoms with Crippen molar-refractivity contribution in [3.63, 3.8) is 0 Å². The number of ketones is 1. The molecule has 0 aliphatic rings. The van der Waals surface area contributed by atoms with E-state index in [2.05, 4.69) is 20.9 Å². The average molecular weight is 264 g/mol. The average Bonchev–Trinajstić information content (AvgIpc) is 2.17. The predicted molar refractivity (Wildman–Crippen MR) is 64.2 cm³/mol. The minimum absolute atomic E-state index is 0.0677. The molecule has 0 atom stereocenters. The Bertz CT molecular complexity index is 549. The molecule has 2 nitrogen and oxygen atoms in total. The van der Waals surface area contributed by atoms with Crippen LogP contribution in [0.1, 0.15) is 23.0 Å². The number of carbonyl (C=O) groups excluding carboxylic acids is 1. The molecule has 76 valence electrons. The number of hydrogen-bond acceptors (Lipinski definition) is 2. The normalized spacial score (nSPS) is 10.6. The molecule has 0 aliphatic heterocycles. The minimum Gasteiger partial charge on any atom is -0.294 e. The highest BCUT2D eigenvalue weighted by atomic mass is 79.9. The summed E-state index contributed by atoms with van der Waals surface area (Å²) in [4.78, 5) is 15.8. The first-order valence-corrected chi connectivity index (χ1v) is 5.45. The number of hydrogen-bond donors (Lipinski definition) is 0. The number of aryl methyl sites for hydroxylation is 1. The quantitative estimate of drug-likeness (QED) is 0.738. The van der Waals surface area contributed by atoms with Crippen LogP contribution in [0.5, 0.6) is 0 Å². The highest BCUT2D eigenvalue weighted by Crippen LogP contribution is 2.27. The maximum absolute atomic E-state index is 11.5. The number of Topliss-reactive ketones (excluding diaryl/α,β-unsaturated/α-hetero) is 1. The summed E-state index contributed by atoms with van der Waals surface area (Å²) in [5, 5.41) is 2.00. The number of halogens is 1. The molecule has 0 aliphatic carbocycles. The van der Waals surface area contributed by atoms with Gasteiger partial charge in [-0.05, 0) is 31.4 Å². The van der Waals surface area contributed by atoms with Gasteiger partial charge in [-0.25, -0.2) is 0 Å². The molecule has 0 bridgehead atoms. The maximum atomic E-state index is 11.5. The van der Waals surface area contributed by atoms with Crippen molar-refractivity contribution in [2.45, 2.75) is 13.8 Å². The van der Waals surface area contributed by atoms with Gasteiger partial charge in [0.2, 0.25) is 0 Å². The first-order chi connectivity index (χ1) is 7.11. The van der Waals surface area contributed by atoms with Gasteiger partial charge in [0.1, 0.15) is 0 Å². The van der Waals surface area contributed by atoms with Crippen LogP contribution in [0, 0.1) is 6.92 Å². The molecule has 15 heavy (non-hydrogen) atoms. The van der Waals surface area contributed by atoms with Crippen LogP contribution in [0.4, 0.5) is 0 Å². The van der Waals surface area contributed by atoms with Crippen molar-refractivity contribution in [2.75, 3.05) is 0 Å². The fraction of sp³-hybridized carbons (Fsp3) is 0.167. The van der Waals surface area contributed by atoms with Crippen LogP contribution in [0.25, 0.3) is 10.8 Å². The number of nitrogens with zero attached hydrogens (tertiary/aromatic N) is 1. The molecule has 1 heterocycles. The Morgan fingerprint density at radius 2 is 2.00 bits per heavy atom. The maximum Gasteiger partial charge on any atom is 0.161 e. The first kappa shape index (κ1) is 10.3. The van der Waals surface area contributed by atoms with Gasteiger partial charge < -0.3 is 0 Å². The van der Waals surface area contributed by atoms with Gasteiger partial charge in [0.25, 0.3) is 0 Å². The van der Waals surface area contributed by atoms with E-state index < -0.39 is 0 Å².